The zero-order valence-electron chi connectivity index (χ0n) is 10.9. The number of rotatable bonds is 7. The molecule has 6 heteroatoms. The van der Waals surface area contributed by atoms with Crippen molar-refractivity contribution in [2.24, 2.45) is 0 Å². The highest BCUT2D eigenvalue weighted by Crippen LogP contribution is 2.24. The molecule has 0 radical (unpaired) electrons. The fraction of sp³-hybridized carbons (Fsp3) is 0.500. The van der Waals surface area contributed by atoms with Crippen LogP contribution in [0.2, 0.25) is 0 Å². The van der Waals surface area contributed by atoms with Crippen molar-refractivity contribution >= 4 is 17.1 Å². The van der Waals surface area contributed by atoms with Crippen LogP contribution < -0.4 is 10.6 Å². The van der Waals surface area contributed by atoms with E-state index in [1.54, 1.807) is 7.05 Å². The second-order valence-electron chi connectivity index (χ2n) is 3.92. The fourth-order valence-corrected chi connectivity index (χ4v) is 1.57. The lowest BCUT2D eigenvalue weighted by Crippen LogP contribution is -2.19. The standard InChI is InChI=1S/C12H19N3O3/c1-4-18-9(2)8-14-11-5-10(13-3)6-12(7-11)15(16)17/h5-7,9,13-14H,4,8H2,1-3H3. The third kappa shape index (κ3) is 4.21. The predicted octanol–water partition coefficient (Wildman–Crippen LogP) is 2.47. The van der Waals surface area contributed by atoms with Crippen LogP contribution in [0.25, 0.3) is 0 Å². The molecule has 1 rings (SSSR count). The maximum Gasteiger partial charge on any atom is 0.273 e. The molecule has 0 aromatic heterocycles. The number of nitrogens with one attached hydrogen (secondary N) is 2. The van der Waals surface area contributed by atoms with Gasteiger partial charge < -0.3 is 15.4 Å². The summed E-state index contributed by atoms with van der Waals surface area (Å²) in [6.07, 6.45) is 0.0623. The highest BCUT2D eigenvalue weighted by atomic mass is 16.6. The first-order valence-corrected chi connectivity index (χ1v) is 5.89. The van der Waals surface area contributed by atoms with Crippen LogP contribution in [-0.4, -0.2) is 31.2 Å². The van der Waals surface area contributed by atoms with Gasteiger partial charge in [0.15, 0.2) is 0 Å². The molecule has 0 saturated heterocycles. The first-order chi connectivity index (χ1) is 8.56. The molecule has 1 aromatic rings. The minimum Gasteiger partial charge on any atom is -0.388 e. The molecular formula is C12H19N3O3. The van der Waals surface area contributed by atoms with Crippen LogP contribution >= 0.6 is 0 Å². The number of benzene rings is 1. The summed E-state index contributed by atoms with van der Waals surface area (Å²) in [7, 11) is 1.73. The van der Waals surface area contributed by atoms with E-state index in [1.165, 1.54) is 12.1 Å². The van der Waals surface area contributed by atoms with Crippen molar-refractivity contribution in [1.82, 2.24) is 0 Å². The number of nitrogens with zero attached hydrogens (tertiary/aromatic N) is 1. The molecule has 1 atom stereocenters. The SMILES string of the molecule is CCOC(C)CNc1cc(NC)cc([N+](=O)[O-])c1. The molecule has 0 saturated carbocycles. The van der Waals surface area contributed by atoms with E-state index in [2.05, 4.69) is 10.6 Å². The average Bonchev–Trinajstić information content (AvgIpc) is 2.36. The molecule has 0 aliphatic rings. The number of non-ortho nitro benzene ring substituents is 1. The molecule has 18 heavy (non-hydrogen) atoms. The first kappa shape index (κ1) is 14.2. The van der Waals surface area contributed by atoms with Gasteiger partial charge in [0.05, 0.1) is 11.0 Å². The van der Waals surface area contributed by atoms with Gasteiger partial charge >= 0.3 is 0 Å². The van der Waals surface area contributed by atoms with Crippen LogP contribution in [0.3, 0.4) is 0 Å². The Morgan fingerprint density at radius 3 is 2.61 bits per heavy atom. The summed E-state index contributed by atoms with van der Waals surface area (Å²) in [6.45, 7) is 5.15. The summed E-state index contributed by atoms with van der Waals surface area (Å²) in [5, 5.41) is 16.8. The normalized spacial score (nSPS) is 11.9. The van der Waals surface area contributed by atoms with Gasteiger partial charge in [0, 0.05) is 43.7 Å². The molecule has 6 nitrogen and oxygen atoms in total. The van der Waals surface area contributed by atoms with Crippen molar-refractivity contribution in [1.29, 1.82) is 0 Å². The summed E-state index contributed by atoms with van der Waals surface area (Å²) in [6, 6.07) is 4.84. The van der Waals surface area contributed by atoms with Gasteiger partial charge in [-0.3, -0.25) is 10.1 Å². The molecule has 100 valence electrons. The number of anilines is 2. The van der Waals surface area contributed by atoms with E-state index in [0.29, 0.717) is 24.5 Å². The molecule has 0 aliphatic heterocycles. The zero-order valence-corrected chi connectivity index (χ0v) is 10.9. The Morgan fingerprint density at radius 2 is 2.06 bits per heavy atom. The Bertz CT molecular complexity index is 410. The summed E-state index contributed by atoms with van der Waals surface area (Å²) in [5.41, 5.74) is 1.48. The largest absolute Gasteiger partial charge is 0.388 e. The van der Waals surface area contributed by atoms with Gasteiger partial charge in [0.1, 0.15) is 0 Å². The van der Waals surface area contributed by atoms with E-state index in [4.69, 9.17) is 4.74 Å². The van der Waals surface area contributed by atoms with Crippen molar-refractivity contribution in [2.45, 2.75) is 20.0 Å². The minimum absolute atomic E-state index is 0.0623. The van der Waals surface area contributed by atoms with E-state index in [0.717, 1.165) is 0 Å². The van der Waals surface area contributed by atoms with E-state index in [1.807, 2.05) is 19.9 Å². The Kier molecular flexibility index (Phi) is 5.38. The first-order valence-electron chi connectivity index (χ1n) is 5.89. The number of nitro benzene ring substituents is 1. The van der Waals surface area contributed by atoms with E-state index in [9.17, 15) is 10.1 Å². The quantitative estimate of drug-likeness (QED) is 0.576. The Balaban J connectivity index is 2.75. The summed E-state index contributed by atoms with van der Waals surface area (Å²) in [5.74, 6) is 0. The molecule has 0 amide bonds. The van der Waals surface area contributed by atoms with E-state index in [-0.39, 0.29) is 11.8 Å². The summed E-state index contributed by atoms with van der Waals surface area (Å²) < 4.78 is 5.39. The number of hydrogen-bond donors (Lipinski definition) is 2. The van der Waals surface area contributed by atoms with Crippen LogP contribution in [0.5, 0.6) is 0 Å². The van der Waals surface area contributed by atoms with Gasteiger partial charge in [-0.2, -0.15) is 0 Å². The molecule has 0 fully saturated rings. The summed E-state index contributed by atoms with van der Waals surface area (Å²) >= 11 is 0. The van der Waals surface area contributed by atoms with E-state index >= 15 is 0 Å². The lowest BCUT2D eigenvalue weighted by Gasteiger charge is -2.14. The number of ether oxygens (including phenoxy) is 1. The zero-order chi connectivity index (χ0) is 13.5. The molecule has 1 aromatic carbocycles. The van der Waals surface area contributed by atoms with Gasteiger partial charge in [-0.15, -0.1) is 0 Å². The second kappa shape index (κ2) is 6.80. The Labute approximate surface area is 106 Å². The van der Waals surface area contributed by atoms with Crippen LogP contribution in [0.4, 0.5) is 17.1 Å². The number of nitro groups is 1. The smallest absolute Gasteiger partial charge is 0.273 e. The van der Waals surface area contributed by atoms with E-state index < -0.39 is 4.92 Å². The third-order valence-electron chi connectivity index (χ3n) is 2.46. The van der Waals surface area contributed by atoms with Gasteiger partial charge in [0.2, 0.25) is 0 Å². The lowest BCUT2D eigenvalue weighted by molar-refractivity contribution is -0.384. The van der Waals surface area contributed by atoms with Gasteiger partial charge in [-0.1, -0.05) is 0 Å². The van der Waals surface area contributed by atoms with Crippen LogP contribution in [0.1, 0.15) is 13.8 Å². The minimum atomic E-state index is -0.405. The van der Waals surface area contributed by atoms with Crippen molar-refractivity contribution < 1.29 is 9.66 Å². The van der Waals surface area contributed by atoms with Gasteiger partial charge in [0.25, 0.3) is 5.69 Å². The van der Waals surface area contributed by atoms with Crippen molar-refractivity contribution in [3.8, 4) is 0 Å². The maximum atomic E-state index is 10.8. The van der Waals surface area contributed by atoms with Gasteiger partial charge in [-0.05, 0) is 19.9 Å². The molecular weight excluding hydrogens is 234 g/mol. The molecule has 0 aliphatic carbocycles. The second-order valence-corrected chi connectivity index (χ2v) is 3.92. The van der Waals surface area contributed by atoms with Crippen molar-refractivity contribution in [3.63, 3.8) is 0 Å². The maximum absolute atomic E-state index is 10.8. The lowest BCUT2D eigenvalue weighted by atomic mass is 10.2. The van der Waals surface area contributed by atoms with Crippen molar-refractivity contribution in [3.05, 3.63) is 28.3 Å². The fourth-order valence-electron chi connectivity index (χ4n) is 1.57. The third-order valence-corrected chi connectivity index (χ3v) is 2.46. The van der Waals surface area contributed by atoms with Crippen LogP contribution in [0.15, 0.2) is 18.2 Å². The Morgan fingerprint density at radius 1 is 1.39 bits per heavy atom. The Hall–Kier alpha value is -1.82. The van der Waals surface area contributed by atoms with Crippen LogP contribution in [0, 0.1) is 10.1 Å². The summed E-state index contributed by atoms with van der Waals surface area (Å²) in [4.78, 5) is 10.4. The molecule has 0 bridgehead atoms. The highest BCUT2D eigenvalue weighted by Gasteiger charge is 2.09. The van der Waals surface area contributed by atoms with Gasteiger partial charge in [-0.25, -0.2) is 0 Å². The van der Waals surface area contributed by atoms with Crippen LogP contribution in [-0.2, 0) is 4.74 Å². The van der Waals surface area contributed by atoms with Crippen molar-refractivity contribution in [2.75, 3.05) is 30.8 Å². The molecule has 0 heterocycles. The molecule has 2 N–H and O–H groups in total. The average molecular weight is 253 g/mol. The molecule has 0 spiro atoms. The predicted molar refractivity (Wildman–Crippen MR) is 72.2 cm³/mol. The topological polar surface area (TPSA) is 76.4 Å². The molecule has 1 unspecified atom stereocenters. The number of hydrogen-bond acceptors (Lipinski definition) is 5. The highest BCUT2D eigenvalue weighted by molar-refractivity contribution is 5.63. The monoisotopic (exact) mass is 253 g/mol.